The number of aromatic nitrogens is 1. The number of ether oxygens (including phenoxy) is 1. The Morgan fingerprint density at radius 2 is 1.81 bits per heavy atom. The van der Waals surface area contributed by atoms with Gasteiger partial charge >= 0.3 is 5.97 Å². The monoisotopic (exact) mass is 366 g/mol. The molecule has 1 amide bonds. The van der Waals surface area contributed by atoms with Gasteiger partial charge in [0.05, 0.1) is 12.3 Å². The zero-order chi connectivity index (χ0) is 18.5. The number of pyridine rings is 1. The molecule has 3 rings (SSSR count). The smallest absolute Gasteiger partial charge is 0.350 e. The van der Waals surface area contributed by atoms with E-state index in [0.717, 1.165) is 16.0 Å². The second-order valence-electron chi connectivity index (χ2n) is 5.63. The van der Waals surface area contributed by atoms with E-state index in [1.165, 1.54) is 11.3 Å². The summed E-state index contributed by atoms with van der Waals surface area (Å²) >= 11 is 1.30. The SMILES string of the molecule is CCOC(=O)c1sc(-c2ccc(C)cc2)cc1NC(=O)c1ccncc1. The molecule has 2 heterocycles. The van der Waals surface area contributed by atoms with Crippen molar-refractivity contribution in [3.8, 4) is 10.4 Å². The minimum Gasteiger partial charge on any atom is -0.462 e. The molecule has 0 aliphatic carbocycles. The average molecular weight is 366 g/mol. The third kappa shape index (κ3) is 3.97. The van der Waals surface area contributed by atoms with Gasteiger partial charge in [-0.05, 0) is 37.6 Å². The van der Waals surface area contributed by atoms with Crippen LogP contribution in [0.2, 0.25) is 0 Å². The molecular formula is C20H18N2O3S. The fourth-order valence-corrected chi connectivity index (χ4v) is 3.40. The van der Waals surface area contributed by atoms with Crippen LogP contribution in [-0.2, 0) is 4.74 Å². The first-order valence-corrected chi connectivity index (χ1v) is 8.99. The summed E-state index contributed by atoms with van der Waals surface area (Å²) in [5.74, 6) is -0.743. The number of aryl methyl sites for hydroxylation is 1. The van der Waals surface area contributed by atoms with Gasteiger partial charge in [-0.25, -0.2) is 4.79 Å². The maximum absolute atomic E-state index is 12.5. The number of rotatable bonds is 5. The lowest BCUT2D eigenvalue weighted by Crippen LogP contribution is -2.14. The topological polar surface area (TPSA) is 68.3 Å². The van der Waals surface area contributed by atoms with Crippen molar-refractivity contribution < 1.29 is 14.3 Å². The standard InChI is InChI=1S/C20H18N2O3S/c1-3-25-20(24)18-16(22-19(23)15-8-10-21-11-9-15)12-17(26-18)14-6-4-13(2)5-7-14/h4-12H,3H2,1-2H3,(H,22,23). The predicted octanol–water partition coefficient (Wildman–Crippen LogP) is 4.55. The summed E-state index contributed by atoms with van der Waals surface area (Å²) in [4.78, 5) is 29.9. The number of thiophene rings is 1. The number of nitrogens with one attached hydrogen (secondary N) is 1. The fourth-order valence-electron chi connectivity index (χ4n) is 2.39. The Hall–Kier alpha value is -2.99. The van der Waals surface area contributed by atoms with E-state index in [9.17, 15) is 9.59 Å². The van der Waals surface area contributed by atoms with Crippen LogP contribution in [0.1, 0.15) is 32.5 Å². The van der Waals surface area contributed by atoms with Gasteiger partial charge in [0.1, 0.15) is 4.88 Å². The Labute approximate surface area is 155 Å². The Kier molecular flexibility index (Phi) is 5.43. The van der Waals surface area contributed by atoms with E-state index in [4.69, 9.17) is 4.74 Å². The quantitative estimate of drug-likeness (QED) is 0.673. The first kappa shape index (κ1) is 17.8. The molecule has 6 heteroatoms. The van der Waals surface area contributed by atoms with E-state index in [1.54, 1.807) is 37.5 Å². The summed E-state index contributed by atoms with van der Waals surface area (Å²) < 4.78 is 5.13. The molecule has 0 unspecified atom stereocenters. The van der Waals surface area contributed by atoms with Crippen LogP contribution < -0.4 is 5.32 Å². The number of hydrogen-bond acceptors (Lipinski definition) is 5. The normalized spacial score (nSPS) is 10.4. The van der Waals surface area contributed by atoms with Gasteiger partial charge in [-0.2, -0.15) is 0 Å². The third-order valence-electron chi connectivity index (χ3n) is 3.72. The van der Waals surface area contributed by atoms with Gasteiger partial charge in [0.15, 0.2) is 0 Å². The highest BCUT2D eigenvalue weighted by Gasteiger charge is 2.20. The Bertz CT molecular complexity index is 918. The van der Waals surface area contributed by atoms with Crippen molar-refractivity contribution in [3.05, 3.63) is 70.9 Å². The first-order valence-electron chi connectivity index (χ1n) is 8.18. The molecule has 0 atom stereocenters. The highest BCUT2D eigenvalue weighted by Crippen LogP contribution is 2.35. The van der Waals surface area contributed by atoms with Crippen molar-refractivity contribution in [2.45, 2.75) is 13.8 Å². The molecule has 2 aromatic heterocycles. The van der Waals surface area contributed by atoms with E-state index in [2.05, 4.69) is 10.3 Å². The van der Waals surface area contributed by atoms with Gasteiger partial charge in [0.2, 0.25) is 0 Å². The van der Waals surface area contributed by atoms with E-state index in [0.29, 0.717) is 16.1 Å². The van der Waals surface area contributed by atoms with Crippen LogP contribution in [0, 0.1) is 6.92 Å². The average Bonchev–Trinajstić information content (AvgIpc) is 3.07. The van der Waals surface area contributed by atoms with Crippen LogP contribution in [0.3, 0.4) is 0 Å². The summed E-state index contributed by atoms with van der Waals surface area (Å²) in [6.07, 6.45) is 3.10. The lowest BCUT2D eigenvalue weighted by molar-refractivity contribution is 0.0533. The maximum Gasteiger partial charge on any atom is 0.350 e. The Morgan fingerprint density at radius 1 is 1.12 bits per heavy atom. The van der Waals surface area contributed by atoms with Crippen LogP contribution in [0.5, 0.6) is 0 Å². The third-order valence-corrected chi connectivity index (χ3v) is 4.88. The van der Waals surface area contributed by atoms with Gasteiger partial charge in [0, 0.05) is 22.8 Å². The van der Waals surface area contributed by atoms with Crippen molar-refractivity contribution in [3.63, 3.8) is 0 Å². The minimum absolute atomic E-state index is 0.272. The van der Waals surface area contributed by atoms with Gasteiger partial charge in [0.25, 0.3) is 5.91 Å². The van der Waals surface area contributed by atoms with Crippen LogP contribution in [-0.4, -0.2) is 23.5 Å². The highest BCUT2D eigenvalue weighted by atomic mass is 32.1. The molecule has 132 valence electrons. The molecule has 0 saturated carbocycles. The van der Waals surface area contributed by atoms with E-state index in [-0.39, 0.29) is 12.5 Å². The van der Waals surface area contributed by atoms with Gasteiger partial charge in [-0.15, -0.1) is 11.3 Å². The number of carbonyl (C=O) groups is 2. The van der Waals surface area contributed by atoms with E-state index < -0.39 is 5.97 Å². The molecule has 0 bridgehead atoms. The van der Waals surface area contributed by atoms with Crippen molar-refractivity contribution >= 4 is 28.9 Å². The van der Waals surface area contributed by atoms with Crippen LogP contribution in [0.25, 0.3) is 10.4 Å². The maximum atomic E-state index is 12.5. The molecule has 3 aromatic rings. The number of nitrogens with zero attached hydrogens (tertiary/aromatic N) is 1. The highest BCUT2D eigenvalue weighted by molar-refractivity contribution is 7.18. The molecule has 0 saturated heterocycles. The van der Waals surface area contributed by atoms with Crippen molar-refractivity contribution in [1.82, 2.24) is 4.98 Å². The first-order chi connectivity index (χ1) is 12.6. The lowest BCUT2D eigenvalue weighted by Gasteiger charge is -2.05. The van der Waals surface area contributed by atoms with Crippen LogP contribution >= 0.6 is 11.3 Å². The fraction of sp³-hybridized carbons (Fsp3) is 0.150. The molecule has 0 radical (unpaired) electrons. The van der Waals surface area contributed by atoms with E-state index >= 15 is 0 Å². The second kappa shape index (κ2) is 7.93. The number of amides is 1. The molecule has 0 fully saturated rings. The summed E-state index contributed by atoms with van der Waals surface area (Å²) in [5.41, 5.74) is 3.06. The molecule has 0 spiro atoms. The van der Waals surface area contributed by atoms with Crippen molar-refractivity contribution in [2.75, 3.05) is 11.9 Å². The zero-order valence-electron chi connectivity index (χ0n) is 14.5. The van der Waals surface area contributed by atoms with Crippen LogP contribution in [0.4, 0.5) is 5.69 Å². The number of anilines is 1. The number of carbonyl (C=O) groups excluding carboxylic acids is 2. The predicted molar refractivity (Wildman–Crippen MR) is 103 cm³/mol. The number of esters is 1. The van der Waals surface area contributed by atoms with Gasteiger partial charge in [-0.1, -0.05) is 29.8 Å². The molecule has 5 nitrogen and oxygen atoms in total. The van der Waals surface area contributed by atoms with E-state index in [1.807, 2.05) is 31.2 Å². The molecule has 0 aliphatic rings. The van der Waals surface area contributed by atoms with Crippen molar-refractivity contribution in [2.24, 2.45) is 0 Å². The number of hydrogen-bond donors (Lipinski definition) is 1. The summed E-state index contributed by atoms with van der Waals surface area (Å²) in [6, 6.07) is 13.0. The molecule has 0 aliphatic heterocycles. The second-order valence-corrected chi connectivity index (χ2v) is 6.68. The molecular weight excluding hydrogens is 348 g/mol. The number of benzene rings is 1. The lowest BCUT2D eigenvalue weighted by atomic mass is 10.1. The largest absolute Gasteiger partial charge is 0.462 e. The summed E-state index contributed by atoms with van der Waals surface area (Å²) in [6.45, 7) is 4.04. The Balaban J connectivity index is 1.95. The summed E-state index contributed by atoms with van der Waals surface area (Å²) in [5, 5.41) is 2.81. The van der Waals surface area contributed by atoms with Crippen LogP contribution in [0.15, 0.2) is 54.9 Å². The molecule has 1 aromatic carbocycles. The molecule has 1 N–H and O–H groups in total. The summed E-state index contributed by atoms with van der Waals surface area (Å²) in [7, 11) is 0. The zero-order valence-corrected chi connectivity index (χ0v) is 15.3. The minimum atomic E-state index is -0.444. The van der Waals surface area contributed by atoms with Gasteiger partial charge in [-0.3, -0.25) is 9.78 Å². The van der Waals surface area contributed by atoms with Crippen molar-refractivity contribution in [1.29, 1.82) is 0 Å². The van der Waals surface area contributed by atoms with Gasteiger partial charge < -0.3 is 10.1 Å². The Morgan fingerprint density at radius 3 is 2.46 bits per heavy atom. The molecule has 26 heavy (non-hydrogen) atoms.